The van der Waals surface area contributed by atoms with E-state index in [0.29, 0.717) is 28.7 Å². The predicted octanol–water partition coefficient (Wildman–Crippen LogP) is 1.78. The molecule has 1 amide bonds. The van der Waals surface area contributed by atoms with E-state index in [1.807, 2.05) is 0 Å². The van der Waals surface area contributed by atoms with Crippen LogP contribution in [-0.2, 0) is 13.1 Å². The lowest BCUT2D eigenvalue weighted by molar-refractivity contribution is 0.0951. The maximum absolute atomic E-state index is 13.2. The number of fused-ring (bicyclic) bond motifs is 1. The zero-order valence-corrected chi connectivity index (χ0v) is 13.5. The lowest BCUT2D eigenvalue weighted by atomic mass is 10.1. The first-order valence-corrected chi connectivity index (χ1v) is 7.79. The highest BCUT2D eigenvalue weighted by molar-refractivity contribution is 5.97. The van der Waals surface area contributed by atoms with Crippen LogP contribution in [0.2, 0.25) is 0 Å². The number of aromatic nitrogens is 2. The van der Waals surface area contributed by atoms with Crippen molar-refractivity contribution >= 4 is 16.9 Å². The highest BCUT2D eigenvalue weighted by atomic mass is 19.1. The van der Waals surface area contributed by atoms with Crippen molar-refractivity contribution in [1.82, 2.24) is 14.9 Å². The van der Waals surface area contributed by atoms with Gasteiger partial charge < -0.3 is 14.9 Å². The number of carbonyl (C=O) groups excluding carboxylic acids is 1. The molecule has 2 N–H and O–H groups in total. The van der Waals surface area contributed by atoms with Gasteiger partial charge in [-0.3, -0.25) is 14.4 Å². The van der Waals surface area contributed by atoms with Crippen molar-refractivity contribution in [3.63, 3.8) is 0 Å². The zero-order chi connectivity index (χ0) is 18.0. The molecule has 7 heteroatoms. The van der Waals surface area contributed by atoms with Gasteiger partial charge in [0.25, 0.3) is 5.91 Å². The number of aryl methyl sites for hydroxylation is 1. The molecule has 0 atom stereocenters. The van der Waals surface area contributed by atoms with Crippen LogP contribution in [0.15, 0.2) is 52.1 Å². The molecule has 0 aliphatic rings. The Labute approximate surface area is 141 Å². The first-order valence-electron chi connectivity index (χ1n) is 7.79. The molecule has 0 aliphatic carbocycles. The van der Waals surface area contributed by atoms with Gasteiger partial charge in [-0.15, -0.1) is 0 Å². The summed E-state index contributed by atoms with van der Waals surface area (Å²) >= 11 is 0. The lowest BCUT2D eigenvalue weighted by Crippen LogP contribution is -2.36. The zero-order valence-electron chi connectivity index (χ0n) is 13.5. The number of halogens is 1. The summed E-state index contributed by atoms with van der Waals surface area (Å²) in [5, 5.41) is 2.70. The standard InChI is InChI=1S/C18H16FN3O3/c1-2-22-15-7-6-12(9-14(15)21-17(24)18(22)25)16(23)20-10-11-4-3-5-13(19)8-11/h3-9H,2,10H2,1H3,(H,20,23)(H,21,24). The molecule has 0 saturated carbocycles. The SMILES string of the molecule is CCn1c(=O)c(=O)[nH]c2cc(C(=O)NCc3cccc(F)c3)ccc21. The first-order chi connectivity index (χ1) is 12.0. The van der Waals surface area contributed by atoms with Crippen LogP contribution >= 0.6 is 0 Å². The van der Waals surface area contributed by atoms with Crippen LogP contribution in [0.1, 0.15) is 22.8 Å². The van der Waals surface area contributed by atoms with Crippen LogP contribution in [0.3, 0.4) is 0 Å². The van der Waals surface area contributed by atoms with Gasteiger partial charge in [0.05, 0.1) is 11.0 Å². The molecule has 1 heterocycles. The number of nitrogens with zero attached hydrogens (tertiary/aromatic N) is 1. The van der Waals surface area contributed by atoms with Crippen molar-refractivity contribution in [3.05, 3.63) is 80.1 Å². The molecular weight excluding hydrogens is 325 g/mol. The Morgan fingerprint density at radius 3 is 2.72 bits per heavy atom. The Kier molecular flexibility index (Phi) is 4.47. The molecule has 2 aromatic carbocycles. The highest BCUT2D eigenvalue weighted by Gasteiger charge is 2.10. The van der Waals surface area contributed by atoms with Gasteiger partial charge in [-0.05, 0) is 42.8 Å². The van der Waals surface area contributed by atoms with Gasteiger partial charge in [-0.25, -0.2) is 4.39 Å². The van der Waals surface area contributed by atoms with Gasteiger partial charge in [0.15, 0.2) is 0 Å². The summed E-state index contributed by atoms with van der Waals surface area (Å²) in [5.74, 6) is -0.728. The second kappa shape index (κ2) is 6.72. The number of H-pyrrole nitrogens is 1. The minimum Gasteiger partial charge on any atom is -0.348 e. The summed E-state index contributed by atoms with van der Waals surface area (Å²) in [6.45, 7) is 2.30. The number of hydrogen-bond acceptors (Lipinski definition) is 3. The lowest BCUT2D eigenvalue weighted by Gasteiger charge is -2.09. The van der Waals surface area contributed by atoms with E-state index in [1.165, 1.54) is 22.8 Å². The van der Waals surface area contributed by atoms with Gasteiger partial charge in [-0.2, -0.15) is 0 Å². The maximum atomic E-state index is 13.2. The van der Waals surface area contributed by atoms with Crippen molar-refractivity contribution in [1.29, 1.82) is 0 Å². The molecule has 1 aromatic heterocycles. The topological polar surface area (TPSA) is 84.0 Å². The predicted molar refractivity (Wildman–Crippen MR) is 92.1 cm³/mol. The van der Waals surface area contributed by atoms with Crippen molar-refractivity contribution < 1.29 is 9.18 Å². The van der Waals surface area contributed by atoms with Crippen LogP contribution in [0.5, 0.6) is 0 Å². The number of hydrogen-bond donors (Lipinski definition) is 2. The second-order valence-electron chi connectivity index (χ2n) is 5.55. The van der Waals surface area contributed by atoms with Gasteiger partial charge in [0.1, 0.15) is 5.82 Å². The smallest absolute Gasteiger partial charge is 0.316 e. The van der Waals surface area contributed by atoms with E-state index in [0.717, 1.165) is 0 Å². The summed E-state index contributed by atoms with van der Waals surface area (Å²) in [4.78, 5) is 38.3. The summed E-state index contributed by atoms with van der Waals surface area (Å²) in [6, 6.07) is 10.7. The van der Waals surface area contributed by atoms with Crippen LogP contribution in [0, 0.1) is 5.82 Å². The Morgan fingerprint density at radius 1 is 1.20 bits per heavy atom. The average molecular weight is 341 g/mol. The van der Waals surface area contributed by atoms with Gasteiger partial charge in [0, 0.05) is 18.7 Å². The quantitative estimate of drug-likeness (QED) is 0.710. The number of rotatable bonds is 4. The molecular formula is C18H16FN3O3. The Bertz CT molecular complexity index is 1070. The largest absolute Gasteiger partial charge is 0.348 e. The Balaban J connectivity index is 1.88. The van der Waals surface area contributed by atoms with E-state index in [2.05, 4.69) is 10.3 Å². The van der Waals surface area contributed by atoms with E-state index in [9.17, 15) is 18.8 Å². The second-order valence-corrected chi connectivity index (χ2v) is 5.55. The van der Waals surface area contributed by atoms with E-state index >= 15 is 0 Å². The molecule has 6 nitrogen and oxygen atoms in total. The third kappa shape index (κ3) is 3.35. The first kappa shape index (κ1) is 16.6. The van der Waals surface area contributed by atoms with E-state index in [4.69, 9.17) is 0 Å². The molecule has 0 aliphatic heterocycles. The Hall–Kier alpha value is -3.22. The molecule has 0 saturated heterocycles. The summed E-state index contributed by atoms with van der Waals surface area (Å²) in [6.07, 6.45) is 0. The van der Waals surface area contributed by atoms with Gasteiger partial charge in [0.2, 0.25) is 0 Å². The Morgan fingerprint density at radius 2 is 2.00 bits per heavy atom. The fourth-order valence-corrected chi connectivity index (χ4v) is 2.67. The monoisotopic (exact) mass is 341 g/mol. The number of carbonyl (C=O) groups is 1. The molecule has 25 heavy (non-hydrogen) atoms. The van der Waals surface area contributed by atoms with E-state index in [1.54, 1.807) is 31.2 Å². The van der Waals surface area contributed by atoms with Crippen LogP contribution in [0.25, 0.3) is 11.0 Å². The molecule has 0 fully saturated rings. The molecule has 0 spiro atoms. The van der Waals surface area contributed by atoms with Crippen molar-refractivity contribution in [2.75, 3.05) is 0 Å². The number of aromatic amines is 1. The minimum atomic E-state index is -0.730. The molecule has 0 bridgehead atoms. The van der Waals surface area contributed by atoms with Crippen molar-refractivity contribution in [2.24, 2.45) is 0 Å². The van der Waals surface area contributed by atoms with Crippen molar-refractivity contribution in [3.8, 4) is 0 Å². The summed E-state index contributed by atoms with van der Waals surface area (Å²) in [5.41, 5.74) is 0.576. The fraction of sp³-hybridized carbons (Fsp3) is 0.167. The van der Waals surface area contributed by atoms with E-state index < -0.39 is 11.1 Å². The number of benzene rings is 2. The highest BCUT2D eigenvalue weighted by Crippen LogP contribution is 2.12. The maximum Gasteiger partial charge on any atom is 0.316 e. The van der Waals surface area contributed by atoms with Crippen LogP contribution in [-0.4, -0.2) is 15.5 Å². The van der Waals surface area contributed by atoms with Crippen LogP contribution < -0.4 is 16.4 Å². The normalized spacial score (nSPS) is 10.8. The van der Waals surface area contributed by atoms with Crippen molar-refractivity contribution in [2.45, 2.75) is 20.0 Å². The molecule has 0 unspecified atom stereocenters. The third-order valence-electron chi connectivity index (χ3n) is 3.90. The van der Waals surface area contributed by atoms with Gasteiger partial charge >= 0.3 is 11.1 Å². The molecule has 128 valence electrons. The van der Waals surface area contributed by atoms with Crippen LogP contribution in [0.4, 0.5) is 4.39 Å². The average Bonchev–Trinajstić information content (AvgIpc) is 2.60. The molecule has 3 rings (SSSR count). The number of amides is 1. The van der Waals surface area contributed by atoms with Gasteiger partial charge in [-0.1, -0.05) is 12.1 Å². The minimum absolute atomic E-state index is 0.180. The van der Waals surface area contributed by atoms with E-state index in [-0.39, 0.29) is 18.3 Å². The summed E-state index contributed by atoms with van der Waals surface area (Å²) in [7, 11) is 0. The number of nitrogens with one attached hydrogen (secondary N) is 2. The fourth-order valence-electron chi connectivity index (χ4n) is 2.67. The third-order valence-corrected chi connectivity index (χ3v) is 3.90. The molecule has 0 radical (unpaired) electrons. The summed E-state index contributed by atoms with van der Waals surface area (Å²) < 4.78 is 14.5. The molecule has 3 aromatic rings.